The maximum Gasteiger partial charge on any atom is 0.0594 e. The van der Waals surface area contributed by atoms with Crippen molar-refractivity contribution in [2.24, 2.45) is 0 Å². The highest BCUT2D eigenvalue weighted by molar-refractivity contribution is 14.1. The van der Waals surface area contributed by atoms with E-state index in [4.69, 9.17) is 5.11 Å². The van der Waals surface area contributed by atoms with Gasteiger partial charge in [-0.25, -0.2) is 3.11 Å². The van der Waals surface area contributed by atoms with Crippen LogP contribution in [-0.2, 0) is 0 Å². The summed E-state index contributed by atoms with van der Waals surface area (Å²) in [6, 6.07) is 0.440. The van der Waals surface area contributed by atoms with Crippen LogP contribution in [0.3, 0.4) is 0 Å². The van der Waals surface area contributed by atoms with Gasteiger partial charge in [0.05, 0.1) is 6.61 Å². The first-order valence-corrected chi connectivity index (χ1v) is 3.84. The van der Waals surface area contributed by atoms with E-state index in [-0.39, 0.29) is 0 Å². The molecule has 1 heterocycles. The number of halogens is 1. The highest BCUT2D eigenvalue weighted by Gasteiger charge is 2.20. The van der Waals surface area contributed by atoms with Gasteiger partial charge in [-0.3, -0.25) is 0 Å². The molecular weight excluding hydrogens is 217 g/mol. The van der Waals surface area contributed by atoms with Crippen molar-refractivity contribution in [2.75, 3.05) is 13.2 Å². The number of aliphatic hydroxyl groups is 1. The van der Waals surface area contributed by atoms with Gasteiger partial charge in [-0.15, -0.1) is 0 Å². The molecule has 3 heteroatoms. The van der Waals surface area contributed by atoms with Crippen LogP contribution < -0.4 is 0 Å². The topological polar surface area (TPSA) is 23.5 Å². The maximum absolute atomic E-state index is 8.69. The van der Waals surface area contributed by atoms with Gasteiger partial charge in [0.2, 0.25) is 0 Å². The van der Waals surface area contributed by atoms with E-state index in [2.05, 4.69) is 26.0 Å². The number of nitrogens with zero attached hydrogens (tertiary/aromatic N) is 1. The predicted molar refractivity (Wildman–Crippen MR) is 40.8 cm³/mol. The lowest BCUT2D eigenvalue weighted by Crippen LogP contribution is -2.22. The average molecular weight is 227 g/mol. The van der Waals surface area contributed by atoms with Crippen molar-refractivity contribution in [3.05, 3.63) is 0 Å². The van der Waals surface area contributed by atoms with Crippen molar-refractivity contribution in [3.63, 3.8) is 0 Å². The molecule has 1 fully saturated rings. The van der Waals surface area contributed by atoms with E-state index >= 15 is 0 Å². The molecule has 1 N–H and O–H groups in total. The van der Waals surface area contributed by atoms with Gasteiger partial charge in [-0.1, -0.05) is 0 Å². The molecule has 0 aromatic rings. The van der Waals surface area contributed by atoms with Gasteiger partial charge in [0.25, 0.3) is 0 Å². The van der Waals surface area contributed by atoms with E-state index in [9.17, 15) is 0 Å². The predicted octanol–water partition coefficient (Wildman–Crippen LogP) is 0.793. The second-order valence-corrected chi connectivity index (χ2v) is 3.34. The third kappa shape index (κ3) is 1.33. The molecule has 2 nitrogen and oxygen atoms in total. The lowest BCUT2D eigenvalue weighted by Gasteiger charge is -2.12. The Morgan fingerprint density at radius 2 is 2.50 bits per heavy atom. The van der Waals surface area contributed by atoms with Gasteiger partial charge >= 0.3 is 0 Å². The lowest BCUT2D eigenvalue weighted by molar-refractivity contribution is 0.229. The van der Waals surface area contributed by atoms with Gasteiger partial charge in [-0.05, 0) is 12.8 Å². The molecule has 0 saturated carbocycles. The van der Waals surface area contributed by atoms with Crippen LogP contribution in [0, 0.1) is 0 Å². The Kier molecular flexibility index (Phi) is 2.52. The molecule has 1 aliphatic rings. The van der Waals surface area contributed by atoms with Crippen molar-refractivity contribution < 1.29 is 5.11 Å². The number of rotatable bonds is 1. The fourth-order valence-electron chi connectivity index (χ4n) is 0.980. The first kappa shape index (κ1) is 6.77. The minimum Gasteiger partial charge on any atom is -0.395 e. The Morgan fingerprint density at radius 3 is 2.75 bits per heavy atom. The summed E-state index contributed by atoms with van der Waals surface area (Å²) in [5, 5.41) is 8.69. The number of hydrogen-bond donors (Lipinski definition) is 1. The summed E-state index contributed by atoms with van der Waals surface area (Å²) >= 11 is 2.27. The van der Waals surface area contributed by atoms with Crippen LogP contribution in [0.4, 0.5) is 0 Å². The summed E-state index contributed by atoms with van der Waals surface area (Å²) in [7, 11) is 0. The Morgan fingerprint density at radius 1 is 1.75 bits per heavy atom. The summed E-state index contributed by atoms with van der Waals surface area (Å²) in [4.78, 5) is 0. The van der Waals surface area contributed by atoms with E-state index in [1.54, 1.807) is 0 Å². The summed E-state index contributed by atoms with van der Waals surface area (Å²) < 4.78 is 2.18. The van der Waals surface area contributed by atoms with Crippen LogP contribution in [0.2, 0.25) is 0 Å². The molecule has 0 amide bonds. The standard InChI is InChI=1S/C5H10INO/c6-7-3-1-2-5(7)4-8/h5,8H,1-4H2/t5-/m1/s1. The molecule has 0 aliphatic carbocycles. The molecule has 0 radical (unpaired) electrons. The van der Waals surface area contributed by atoms with Crippen LogP contribution in [-0.4, -0.2) is 27.4 Å². The zero-order chi connectivity index (χ0) is 5.98. The highest BCUT2D eigenvalue weighted by atomic mass is 127. The molecule has 1 aliphatic heterocycles. The Labute approximate surface area is 63.4 Å². The largest absolute Gasteiger partial charge is 0.395 e. The second kappa shape index (κ2) is 2.98. The first-order valence-electron chi connectivity index (χ1n) is 2.88. The average Bonchev–Trinajstić information content (AvgIpc) is 2.14. The van der Waals surface area contributed by atoms with E-state index in [1.165, 1.54) is 12.8 Å². The molecule has 0 bridgehead atoms. The SMILES string of the molecule is OC[C@H]1CCCN1I. The van der Waals surface area contributed by atoms with E-state index in [1.807, 2.05) is 0 Å². The van der Waals surface area contributed by atoms with Crippen molar-refractivity contribution in [1.29, 1.82) is 0 Å². The summed E-state index contributed by atoms with van der Waals surface area (Å²) in [6.07, 6.45) is 2.41. The van der Waals surface area contributed by atoms with Crippen LogP contribution >= 0.6 is 22.9 Å². The lowest BCUT2D eigenvalue weighted by atomic mass is 10.2. The van der Waals surface area contributed by atoms with Crippen molar-refractivity contribution >= 4 is 22.9 Å². The van der Waals surface area contributed by atoms with E-state index in [0.717, 1.165) is 6.54 Å². The van der Waals surface area contributed by atoms with E-state index in [0.29, 0.717) is 12.6 Å². The van der Waals surface area contributed by atoms with Gasteiger partial charge in [-0.2, -0.15) is 0 Å². The van der Waals surface area contributed by atoms with Gasteiger partial charge in [0.1, 0.15) is 0 Å². The maximum atomic E-state index is 8.69. The molecule has 1 atom stereocenters. The van der Waals surface area contributed by atoms with Crippen molar-refractivity contribution in [3.8, 4) is 0 Å². The van der Waals surface area contributed by atoms with Crippen LogP contribution in [0.15, 0.2) is 0 Å². The van der Waals surface area contributed by atoms with Gasteiger partial charge < -0.3 is 5.11 Å². The molecule has 8 heavy (non-hydrogen) atoms. The van der Waals surface area contributed by atoms with Crippen LogP contribution in [0.25, 0.3) is 0 Å². The number of aliphatic hydroxyl groups excluding tert-OH is 1. The van der Waals surface area contributed by atoms with Gasteiger partial charge in [0, 0.05) is 35.5 Å². The Bertz CT molecular complexity index is 78.8. The monoisotopic (exact) mass is 227 g/mol. The fourth-order valence-corrected chi connectivity index (χ4v) is 1.78. The van der Waals surface area contributed by atoms with Crippen LogP contribution in [0.5, 0.6) is 0 Å². The molecular formula is C5H10INO. The smallest absolute Gasteiger partial charge is 0.0594 e. The Hall–Kier alpha value is 0.650. The summed E-state index contributed by atoms with van der Waals surface area (Å²) in [5.41, 5.74) is 0. The normalized spacial score (nSPS) is 31.5. The molecule has 0 aromatic heterocycles. The minimum absolute atomic E-state index is 0.322. The third-order valence-corrected chi connectivity index (χ3v) is 2.79. The quantitative estimate of drug-likeness (QED) is 0.528. The molecule has 0 spiro atoms. The zero-order valence-electron chi connectivity index (χ0n) is 4.68. The van der Waals surface area contributed by atoms with E-state index < -0.39 is 0 Å². The van der Waals surface area contributed by atoms with Crippen molar-refractivity contribution in [1.82, 2.24) is 3.11 Å². The summed E-state index contributed by atoms with van der Waals surface area (Å²) in [6.45, 7) is 1.47. The molecule has 48 valence electrons. The molecule has 0 unspecified atom stereocenters. The van der Waals surface area contributed by atoms with Gasteiger partial charge in [0.15, 0.2) is 0 Å². The molecule has 0 aromatic carbocycles. The second-order valence-electron chi connectivity index (χ2n) is 2.10. The van der Waals surface area contributed by atoms with Crippen LogP contribution in [0.1, 0.15) is 12.8 Å². The minimum atomic E-state index is 0.322. The zero-order valence-corrected chi connectivity index (χ0v) is 6.84. The molecule has 1 rings (SSSR count). The van der Waals surface area contributed by atoms with Crippen molar-refractivity contribution in [2.45, 2.75) is 18.9 Å². The third-order valence-electron chi connectivity index (χ3n) is 1.52. The summed E-state index contributed by atoms with van der Waals surface area (Å²) in [5.74, 6) is 0. The number of hydrogen-bond acceptors (Lipinski definition) is 2. The highest BCUT2D eigenvalue weighted by Crippen LogP contribution is 2.19. The Balaban J connectivity index is 2.30. The fraction of sp³-hybridized carbons (Fsp3) is 1.00. The first-order chi connectivity index (χ1) is 3.84. The molecule has 1 saturated heterocycles.